The van der Waals surface area contributed by atoms with E-state index in [4.69, 9.17) is 5.11 Å². The van der Waals surface area contributed by atoms with Crippen molar-refractivity contribution in [3.8, 4) is 0 Å². The van der Waals surface area contributed by atoms with Gasteiger partial charge in [0.25, 0.3) is 0 Å². The zero-order chi connectivity index (χ0) is 4.28. The maximum Gasteiger partial charge on any atom is 2.00 e. The van der Waals surface area contributed by atoms with Gasteiger partial charge in [-0.2, -0.15) is 0 Å². The maximum atomic E-state index is 8.14. The number of halogens is 1. The molecule has 0 atom stereocenters. The second-order valence-electron chi connectivity index (χ2n) is 1.58. The molecule has 0 aliphatic carbocycles. The van der Waals surface area contributed by atoms with E-state index in [1.807, 2.05) is 13.8 Å². The molecule has 0 aromatic carbocycles. The van der Waals surface area contributed by atoms with Crippen molar-refractivity contribution in [3.05, 3.63) is 0 Å². The molecule has 0 bridgehead atoms. The summed E-state index contributed by atoms with van der Waals surface area (Å²) in [5.41, 5.74) is 0. The Morgan fingerprint density at radius 3 is 1.57 bits per heavy atom. The van der Waals surface area contributed by atoms with E-state index in [-0.39, 0.29) is 40.0 Å². The number of hydrogen-bond acceptors (Lipinski definition) is 1. The van der Waals surface area contributed by atoms with E-state index >= 15 is 0 Å². The van der Waals surface area contributed by atoms with E-state index in [0.717, 1.165) is 0 Å². The van der Waals surface area contributed by atoms with Gasteiger partial charge in [0.1, 0.15) is 0 Å². The molecule has 3 heteroatoms. The number of rotatable bonds is 1. The first-order valence-electron chi connectivity index (χ1n) is 1.88. The van der Waals surface area contributed by atoms with Gasteiger partial charge < -0.3 is 22.1 Å². The Hall–Kier alpha value is 1.21. The summed E-state index contributed by atoms with van der Waals surface area (Å²) in [6.07, 6.45) is 0. The van der Waals surface area contributed by atoms with Crippen LogP contribution in [-0.2, 0) is 0 Å². The Kier molecular flexibility index (Phi) is 23.0. The fourth-order valence-electron chi connectivity index (χ4n) is 0. The largest absolute Gasteiger partial charge is 2.00 e. The molecule has 0 radical (unpaired) electrons. The predicted molar refractivity (Wildman–Crippen MR) is 27.7 cm³/mol. The summed E-state index contributed by atoms with van der Waals surface area (Å²) in [5.74, 6) is 0.440. The monoisotopic (exact) mass is 177 g/mol. The van der Waals surface area contributed by atoms with Crippen LogP contribution in [0, 0.1) is 5.92 Å². The molecule has 1 nitrogen and oxygen atoms in total. The van der Waals surface area contributed by atoms with Crippen LogP contribution in [0.1, 0.15) is 13.8 Å². The Bertz CT molecular complexity index is 25.7. The van der Waals surface area contributed by atoms with Crippen LogP contribution in [0.2, 0.25) is 0 Å². The van der Waals surface area contributed by atoms with Crippen LogP contribution in [0.15, 0.2) is 0 Å². The molecule has 40 valence electrons. The van der Waals surface area contributed by atoms with Gasteiger partial charge in [0.15, 0.2) is 0 Å². The Labute approximate surface area is 71.4 Å². The number of aliphatic hydroxyl groups excluding tert-OH is 1. The molecule has 7 heavy (non-hydrogen) atoms. The first-order chi connectivity index (χ1) is 2.27. The number of hydrogen-bond donors (Lipinski definition) is 1. The van der Waals surface area contributed by atoms with Gasteiger partial charge in [-0.05, 0) is 5.92 Å². The molecule has 0 aromatic heterocycles. The molecule has 0 unspecified atom stereocenters. The normalized spacial score (nSPS) is 6.86. The van der Waals surface area contributed by atoms with Crippen LogP contribution < -0.4 is 17.0 Å². The van der Waals surface area contributed by atoms with Crippen molar-refractivity contribution in [2.75, 3.05) is 6.61 Å². The molecule has 0 rings (SSSR count). The predicted octanol–water partition coefficient (Wildman–Crippen LogP) is -2.74. The van der Waals surface area contributed by atoms with Crippen molar-refractivity contribution in [1.29, 1.82) is 0 Å². The molecule has 0 saturated carbocycles. The molecule has 0 fully saturated rings. The summed E-state index contributed by atoms with van der Waals surface area (Å²) < 4.78 is 0. The van der Waals surface area contributed by atoms with Crippen molar-refractivity contribution < 1.29 is 22.1 Å². The quantitative estimate of drug-likeness (QED) is 0.432. The third-order valence-electron chi connectivity index (χ3n) is 0.365. The molecule has 0 heterocycles. The zero-order valence-corrected chi connectivity index (χ0v) is 7.82. The van der Waals surface area contributed by atoms with E-state index in [1.54, 1.807) is 0 Å². The molecule has 0 spiro atoms. The van der Waals surface area contributed by atoms with Crippen molar-refractivity contribution in [3.63, 3.8) is 0 Å². The van der Waals surface area contributed by atoms with Crippen LogP contribution in [0.4, 0.5) is 0 Å². The second kappa shape index (κ2) is 10.2. The van der Waals surface area contributed by atoms with Gasteiger partial charge in [-0.15, -0.1) is 0 Å². The van der Waals surface area contributed by atoms with Gasteiger partial charge in [-0.1, -0.05) is 13.8 Å². The van der Waals surface area contributed by atoms with E-state index in [9.17, 15) is 0 Å². The smallest absolute Gasteiger partial charge is 1.00 e. The minimum absolute atomic E-state index is 0. The minimum Gasteiger partial charge on any atom is -1.00 e. The standard InChI is InChI=1S/C4H10O.BrH.Mg/c1-4(2)3-5;;/h4-5H,3H2,1-2H3;1H;/q;;+2/p-1. The van der Waals surface area contributed by atoms with Crippen molar-refractivity contribution in [2.24, 2.45) is 5.92 Å². The molecular weight excluding hydrogens is 168 g/mol. The maximum absolute atomic E-state index is 8.14. The third kappa shape index (κ3) is 19.0. The summed E-state index contributed by atoms with van der Waals surface area (Å²) in [4.78, 5) is 0. The topological polar surface area (TPSA) is 20.2 Å². The molecule has 1 N–H and O–H groups in total. The Balaban J connectivity index is -0.0000000800. The second-order valence-corrected chi connectivity index (χ2v) is 1.58. The molecular formula is C4H10BrMgO+. The van der Waals surface area contributed by atoms with Gasteiger partial charge in [-0.25, -0.2) is 0 Å². The summed E-state index contributed by atoms with van der Waals surface area (Å²) in [5, 5.41) is 8.14. The zero-order valence-electron chi connectivity index (χ0n) is 4.82. The van der Waals surface area contributed by atoms with Crippen LogP contribution >= 0.6 is 0 Å². The number of aliphatic hydroxyl groups is 1. The summed E-state index contributed by atoms with van der Waals surface area (Å²) >= 11 is 0. The van der Waals surface area contributed by atoms with E-state index in [0.29, 0.717) is 12.5 Å². The third-order valence-corrected chi connectivity index (χ3v) is 0.365. The van der Waals surface area contributed by atoms with E-state index in [2.05, 4.69) is 0 Å². The molecule has 0 aliphatic rings. The van der Waals surface area contributed by atoms with E-state index in [1.165, 1.54) is 0 Å². The van der Waals surface area contributed by atoms with Gasteiger partial charge in [0, 0.05) is 6.61 Å². The van der Waals surface area contributed by atoms with Gasteiger partial charge >= 0.3 is 23.1 Å². The summed E-state index contributed by atoms with van der Waals surface area (Å²) in [6, 6.07) is 0. The Morgan fingerprint density at radius 2 is 1.57 bits per heavy atom. The first kappa shape index (κ1) is 15.7. The van der Waals surface area contributed by atoms with Gasteiger partial charge in [0.05, 0.1) is 0 Å². The molecule has 0 saturated heterocycles. The molecule has 0 aromatic rings. The summed E-state index contributed by atoms with van der Waals surface area (Å²) in [7, 11) is 0. The Morgan fingerprint density at radius 1 is 1.43 bits per heavy atom. The fraction of sp³-hybridized carbons (Fsp3) is 1.00. The van der Waals surface area contributed by atoms with Crippen molar-refractivity contribution in [2.45, 2.75) is 13.8 Å². The SMILES string of the molecule is CC(C)CO.[Br-].[Mg+2]. The van der Waals surface area contributed by atoms with Gasteiger partial charge in [0.2, 0.25) is 0 Å². The van der Waals surface area contributed by atoms with Crippen LogP contribution in [0.5, 0.6) is 0 Å². The van der Waals surface area contributed by atoms with Gasteiger partial charge in [-0.3, -0.25) is 0 Å². The van der Waals surface area contributed by atoms with Crippen LogP contribution in [0.3, 0.4) is 0 Å². The molecule has 0 amide bonds. The average Bonchev–Trinajstić information content (AvgIpc) is 1.38. The van der Waals surface area contributed by atoms with E-state index < -0.39 is 0 Å². The summed E-state index contributed by atoms with van der Waals surface area (Å²) in [6.45, 7) is 4.25. The fourth-order valence-corrected chi connectivity index (χ4v) is 0. The average molecular weight is 178 g/mol. The van der Waals surface area contributed by atoms with Crippen molar-refractivity contribution in [1.82, 2.24) is 0 Å². The van der Waals surface area contributed by atoms with Crippen LogP contribution in [-0.4, -0.2) is 34.8 Å². The first-order valence-corrected chi connectivity index (χ1v) is 1.88. The van der Waals surface area contributed by atoms with Crippen molar-refractivity contribution >= 4 is 23.1 Å². The van der Waals surface area contributed by atoms with Crippen LogP contribution in [0.25, 0.3) is 0 Å². The molecule has 0 aliphatic heterocycles. The minimum atomic E-state index is 0.